The summed E-state index contributed by atoms with van der Waals surface area (Å²) in [4.78, 5) is 29.0. The van der Waals surface area contributed by atoms with Crippen molar-refractivity contribution in [1.82, 2.24) is 0 Å². The van der Waals surface area contributed by atoms with Gasteiger partial charge >= 0.3 is 0 Å². The molecule has 0 aromatic heterocycles. The summed E-state index contributed by atoms with van der Waals surface area (Å²) in [5.41, 5.74) is 3.83. The standard InChI is InChI=1S/C23H27N3O2S/c1-25(2)19-10-12-20(13-11-19)26-21(27)15-29-23(26)17-8-5-9-18(14-17)24-22(28)16-6-3-4-7-16/h5,8-14,16,23H,3-4,6-7,15H2,1-2H3,(H,24,28). The van der Waals surface area contributed by atoms with Gasteiger partial charge in [0.1, 0.15) is 5.37 Å². The summed E-state index contributed by atoms with van der Waals surface area (Å²) in [6.07, 6.45) is 4.24. The van der Waals surface area contributed by atoms with Crippen molar-refractivity contribution in [2.24, 2.45) is 5.92 Å². The highest BCUT2D eigenvalue weighted by atomic mass is 32.2. The maximum atomic E-state index is 12.6. The van der Waals surface area contributed by atoms with Crippen LogP contribution in [0.4, 0.5) is 17.1 Å². The van der Waals surface area contributed by atoms with Gasteiger partial charge in [-0.3, -0.25) is 14.5 Å². The highest BCUT2D eigenvalue weighted by Gasteiger charge is 2.34. The zero-order valence-electron chi connectivity index (χ0n) is 16.9. The molecule has 2 aromatic rings. The Morgan fingerprint density at radius 2 is 1.83 bits per heavy atom. The van der Waals surface area contributed by atoms with Crippen LogP contribution in [-0.2, 0) is 9.59 Å². The molecule has 1 aliphatic heterocycles. The Balaban J connectivity index is 1.54. The van der Waals surface area contributed by atoms with Crippen LogP contribution in [0, 0.1) is 5.92 Å². The van der Waals surface area contributed by atoms with E-state index in [1.165, 1.54) is 0 Å². The molecule has 4 rings (SSSR count). The van der Waals surface area contributed by atoms with Crippen molar-refractivity contribution in [2.45, 2.75) is 31.1 Å². The highest BCUT2D eigenvalue weighted by Crippen LogP contribution is 2.42. The van der Waals surface area contributed by atoms with E-state index in [9.17, 15) is 9.59 Å². The molecular formula is C23H27N3O2S. The van der Waals surface area contributed by atoms with E-state index in [0.29, 0.717) is 5.75 Å². The lowest BCUT2D eigenvalue weighted by atomic mass is 10.1. The second-order valence-electron chi connectivity index (χ2n) is 7.93. The fourth-order valence-corrected chi connectivity index (χ4v) is 5.23. The van der Waals surface area contributed by atoms with Gasteiger partial charge in [-0.15, -0.1) is 11.8 Å². The minimum atomic E-state index is -0.0870. The van der Waals surface area contributed by atoms with Gasteiger partial charge in [0.15, 0.2) is 0 Å². The van der Waals surface area contributed by atoms with Crippen LogP contribution in [-0.4, -0.2) is 31.7 Å². The molecule has 0 bridgehead atoms. The van der Waals surface area contributed by atoms with Crippen molar-refractivity contribution in [3.63, 3.8) is 0 Å². The number of nitrogens with zero attached hydrogens (tertiary/aromatic N) is 2. The van der Waals surface area contributed by atoms with Gasteiger partial charge in [-0.25, -0.2) is 0 Å². The Morgan fingerprint density at radius 1 is 1.10 bits per heavy atom. The number of rotatable bonds is 5. The van der Waals surface area contributed by atoms with E-state index < -0.39 is 0 Å². The third-order valence-corrected chi connectivity index (χ3v) is 6.89. The van der Waals surface area contributed by atoms with Crippen LogP contribution in [0.5, 0.6) is 0 Å². The minimum absolute atomic E-state index is 0.0870. The first-order valence-corrected chi connectivity index (χ1v) is 11.2. The van der Waals surface area contributed by atoms with E-state index in [4.69, 9.17) is 0 Å². The lowest BCUT2D eigenvalue weighted by Crippen LogP contribution is -2.28. The molecule has 1 heterocycles. The third kappa shape index (κ3) is 4.27. The number of carbonyl (C=O) groups is 2. The van der Waals surface area contributed by atoms with Crippen LogP contribution >= 0.6 is 11.8 Å². The molecule has 2 aliphatic rings. The number of thioether (sulfide) groups is 1. The van der Waals surface area contributed by atoms with Crippen molar-refractivity contribution >= 4 is 40.6 Å². The van der Waals surface area contributed by atoms with Crippen molar-refractivity contribution in [3.8, 4) is 0 Å². The fourth-order valence-electron chi connectivity index (χ4n) is 4.06. The maximum absolute atomic E-state index is 12.6. The van der Waals surface area contributed by atoms with Gasteiger partial charge < -0.3 is 10.2 Å². The first kappa shape index (κ1) is 19.8. The van der Waals surface area contributed by atoms with E-state index in [1.807, 2.05) is 72.4 Å². The molecule has 2 aromatic carbocycles. The minimum Gasteiger partial charge on any atom is -0.378 e. The summed E-state index contributed by atoms with van der Waals surface area (Å²) in [6.45, 7) is 0. The molecule has 0 radical (unpaired) electrons. The van der Waals surface area contributed by atoms with Crippen LogP contribution in [0.1, 0.15) is 36.6 Å². The zero-order valence-corrected chi connectivity index (χ0v) is 17.7. The molecule has 2 fully saturated rings. The first-order chi connectivity index (χ1) is 14.0. The summed E-state index contributed by atoms with van der Waals surface area (Å²) in [5.74, 6) is 0.815. The lowest BCUT2D eigenvalue weighted by molar-refractivity contribution is -0.119. The SMILES string of the molecule is CN(C)c1ccc(N2C(=O)CSC2c2cccc(NC(=O)C3CCCC3)c2)cc1. The van der Waals surface area contributed by atoms with Gasteiger partial charge in [0.25, 0.3) is 0 Å². The molecule has 1 unspecified atom stereocenters. The molecule has 1 aliphatic carbocycles. The van der Waals surface area contributed by atoms with E-state index in [-0.39, 0.29) is 23.1 Å². The molecule has 5 nitrogen and oxygen atoms in total. The molecule has 152 valence electrons. The second kappa shape index (κ2) is 8.49. The molecule has 2 amide bonds. The monoisotopic (exact) mass is 409 g/mol. The van der Waals surface area contributed by atoms with Crippen molar-refractivity contribution in [1.29, 1.82) is 0 Å². The first-order valence-electron chi connectivity index (χ1n) is 10.1. The van der Waals surface area contributed by atoms with Crippen LogP contribution in [0.2, 0.25) is 0 Å². The van der Waals surface area contributed by atoms with E-state index >= 15 is 0 Å². The number of benzene rings is 2. The average molecular weight is 410 g/mol. The Bertz CT molecular complexity index is 891. The molecule has 6 heteroatoms. The Kier molecular flexibility index (Phi) is 5.81. The largest absolute Gasteiger partial charge is 0.378 e. The molecule has 29 heavy (non-hydrogen) atoms. The van der Waals surface area contributed by atoms with Crippen LogP contribution in [0.3, 0.4) is 0 Å². The molecule has 1 saturated heterocycles. The molecule has 1 N–H and O–H groups in total. The van der Waals surface area contributed by atoms with Gasteiger partial charge in [0, 0.05) is 37.1 Å². The average Bonchev–Trinajstić information content (AvgIpc) is 3.38. The zero-order chi connectivity index (χ0) is 20.4. The van der Waals surface area contributed by atoms with E-state index in [0.717, 1.165) is 48.3 Å². The summed E-state index contributed by atoms with van der Waals surface area (Å²) in [5, 5.41) is 2.99. The third-order valence-electron chi connectivity index (χ3n) is 5.68. The number of hydrogen-bond acceptors (Lipinski definition) is 4. The maximum Gasteiger partial charge on any atom is 0.238 e. The van der Waals surface area contributed by atoms with Crippen LogP contribution < -0.4 is 15.1 Å². The Morgan fingerprint density at radius 3 is 2.52 bits per heavy atom. The topological polar surface area (TPSA) is 52.6 Å². The molecule has 1 saturated carbocycles. The van der Waals surface area contributed by atoms with E-state index in [1.54, 1.807) is 11.8 Å². The van der Waals surface area contributed by atoms with Crippen molar-refractivity contribution in [3.05, 3.63) is 54.1 Å². The molecular weight excluding hydrogens is 382 g/mol. The van der Waals surface area contributed by atoms with Gasteiger partial charge in [-0.2, -0.15) is 0 Å². The van der Waals surface area contributed by atoms with Gasteiger partial charge in [-0.1, -0.05) is 25.0 Å². The van der Waals surface area contributed by atoms with Crippen molar-refractivity contribution in [2.75, 3.05) is 35.0 Å². The molecule has 0 spiro atoms. The van der Waals surface area contributed by atoms with Crippen molar-refractivity contribution < 1.29 is 9.59 Å². The Labute approximate surface area is 176 Å². The summed E-state index contributed by atoms with van der Waals surface area (Å²) >= 11 is 1.62. The summed E-state index contributed by atoms with van der Waals surface area (Å²) in [6, 6.07) is 16.0. The lowest BCUT2D eigenvalue weighted by Gasteiger charge is -2.25. The number of anilines is 3. The normalized spacial score (nSPS) is 19.6. The predicted octanol–water partition coefficient (Wildman–Crippen LogP) is 4.66. The smallest absolute Gasteiger partial charge is 0.238 e. The molecule has 1 atom stereocenters. The number of nitrogens with one attached hydrogen (secondary N) is 1. The number of carbonyl (C=O) groups excluding carboxylic acids is 2. The fraction of sp³-hybridized carbons (Fsp3) is 0.391. The van der Waals surface area contributed by atoms with Gasteiger partial charge in [-0.05, 0) is 54.8 Å². The van der Waals surface area contributed by atoms with Gasteiger partial charge in [0.2, 0.25) is 11.8 Å². The van der Waals surface area contributed by atoms with E-state index in [2.05, 4.69) is 5.32 Å². The summed E-state index contributed by atoms with van der Waals surface area (Å²) < 4.78 is 0. The van der Waals surface area contributed by atoms with Crippen LogP contribution in [0.25, 0.3) is 0 Å². The number of amides is 2. The van der Waals surface area contributed by atoms with Gasteiger partial charge in [0.05, 0.1) is 5.75 Å². The van der Waals surface area contributed by atoms with Crippen LogP contribution in [0.15, 0.2) is 48.5 Å². The summed E-state index contributed by atoms with van der Waals surface area (Å²) in [7, 11) is 4.00. The highest BCUT2D eigenvalue weighted by molar-refractivity contribution is 8.00. The predicted molar refractivity (Wildman–Crippen MR) is 120 cm³/mol. The Hall–Kier alpha value is -2.47. The quantitative estimate of drug-likeness (QED) is 0.780. The second-order valence-corrected chi connectivity index (χ2v) is 9.00. The number of hydrogen-bond donors (Lipinski definition) is 1.